The van der Waals surface area contributed by atoms with Crippen LogP contribution in [-0.4, -0.2) is 24.5 Å². The lowest BCUT2D eigenvalue weighted by Gasteiger charge is -2.09. The standard InChI is InChI=1S/C11H15BrN6O/c1-3-4-18-11(19)10(12)8(5-15-18)13-6-9-16-14-7-17(9)2/h5,7,13H,3-4,6H2,1-2H3. The number of aryl methyl sites for hydroxylation is 2. The largest absolute Gasteiger partial charge is 0.375 e. The highest BCUT2D eigenvalue weighted by Crippen LogP contribution is 2.16. The highest BCUT2D eigenvalue weighted by atomic mass is 79.9. The summed E-state index contributed by atoms with van der Waals surface area (Å²) >= 11 is 3.31. The van der Waals surface area contributed by atoms with Crippen molar-refractivity contribution in [2.24, 2.45) is 7.05 Å². The molecule has 102 valence electrons. The van der Waals surface area contributed by atoms with Crippen LogP contribution in [0.1, 0.15) is 19.2 Å². The summed E-state index contributed by atoms with van der Waals surface area (Å²) in [5.41, 5.74) is 0.519. The van der Waals surface area contributed by atoms with E-state index in [1.165, 1.54) is 4.68 Å². The number of nitrogens with zero attached hydrogens (tertiary/aromatic N) is 5. The van der Waals surface area contributed by atoms with Crippen molar-refractivity contribution in [2.75, 3.05) is 5.32 Å². The van der Waals surface area contributed by atoms with Crippen LogP contribution >= 0.6 is 15.9 Å². The van der Waals surface area contributed by atoms with Gasteiger partial charge < -0.3 is 9.88 Å². The molecule has 19 heavy (non-hydrogen) atoms. The third-order valence-corrected chi connectivity index (χ3v) is 3.43. The first-order valence-electron chi connectivity index (χ1n) is 5.95. The van der Waals surface area contributed by atoms with Gasteiger partial charge in [-0.1, -0.05) is 6.92 Å². The number of aromatic nitrogens is 5. The Kier molecular flexibility index (Phi) is 4.31. The summed E-state index contributed by atoms with van der Waals surface area (Å²) in [7, 11) is 1.86. The van der Waals surface area contributed by atoms with Gasteiger partial charge in [-0.05, 0) is 22.4 Å². The molecule has 7 nitrogen and oxygen atoms in total. The van der Waals surface area contributed by atoms with Crippen molar-refractivity contribution >= 4 is 21.6 Å². The number of anilines is 1. The summed E-state index contributed by atoms with van der Waals surface area (Å²) in [6.07, 6.45) is 4.13. The fourth-order valence-corrected chi connectivity index (χ4v) is 2.05. The Morgan fingerprint density at radius 3 is 2.89 bits per heavy atom. The molecule has 0 aliphatic carbocycles. The van der Waals surface area contributed by atoms with Crippen molar-refractivity contribution in [3.05, 3.63) is 33.2 Å². The second-order valence-corrected chi connectivity index (χ2v) is 4.91. The SMILES string of the molecule is CCCn1ncc(NCc2nncn2C)c(Br)c1=O. The predicted molar refractivity (Wildman–Crippen MR) is 74.8 cm³/mol. The summed E-state index contributed by atoms with van der Waals surface area (Å²) in [5.74, 6) is 0.782. The van der Waals surface area contributed by atoms with E-state index in [4.69, 9.17) is 0 Å². The molecule has 2 rings (SSSR count). The van der Waals surface area contributed by atoms with E-state index in [1.54, 1.807) is 12.5 Å². The molecular formula is C11H15BrN6O. The van der Waals surface area contributed by atoms with Crippen molar-refractivity contribution in [1.29, 1.82) is 0 Å². The van der Waals surface area contributed by atoms with Crippen LogP contribution in [0.4, 0.5) is 5.69 Å². The number of hydrogen-bond acceptors (Lipinski definition) is 5. The molecular weight excluding hydrogens is 312 g/mol. The topological polar surface area (TPSA) is 77.6 Å². The number of nitrogens with one attached hydrogen (secondary N) is 1. The fourth-order valence-electron chi connectivity index (χ4n) is 1.60. The molecule has 0 aliphatic heterocycles. The molecule has 2 aromatic heterocycles. The van der Waals surface area contributed by atoms with Crippen LogP contribution in [0.3, 0.4) is 0 Å². The molecule has 8 heteroatoms. The zero-order valence-corrected chi connectivity index (χ0v) is 12.4. The zero-order valence-electron chi connectivity index (χ0n) is 10.8. The van der Waals surface area contributed by atoms with Gasteiger partial charge in [0.15, 0.2) is 5.82 Å². The molecule has 2 heterocycles. The molecule has 0 saturated heterocycles. The minimum absolute atomic E-state index is 0.134. The van der Waals surface area contributed by atoms with Gasteiger partial charge in [-0.3, -0.25) is 4.79 Å². The van der Waals surface area contributed by atoms with E-state index in [9.17, 15) is 4.79 Å². The third kappa shape index (κ3) is 3.01. The Morgan fingerprint density at radius 2 is 2.26 bits per heavy atom. The van der Waals surface area contributed by atoms with Gasteiger partial charge in [0.1, 0.15) is 10.8 Å². The highest BCUT2D eigenvalue weighted by Gasteiger charge is 2.09. The van der Waals surface area contributed by atoms with Gasteiger partial charge in [0.2, 0.25) is 0 Å². The summed E-state index contributed by atoms with van der Waals surface area (Å²) in [6, 6.07) is 0. The smallest absolute Gasteiger partial charge is 0.283 e. The fraction of sp³-hybridized carbons (Fsp3) is 0.455. The van der Waals surface area contributed by atoms with E-state index in [1.807, 2.05) is 18.5 Å². The second kappa shape index (κ2) is 5.96. The average molecular weight is 327 g/mol. The monoisotopic (exact) mass is 326 g/mol. The van der Waals surface area contributed by atoms with Crippen molar-refractivity contribution < 1.29 is 0 Å². The minimum Gasteiger partial charge on any atom is -0.375 e. The molecule has 0 unspecified atom stereocenters. The Balaban J connectivity index is 2.16. The van der Waals surface area contributed by atoms with Crippen molar-refractivity contribution in [2.45, 2.75) is 26.4 Å². The van der Waals surface area contributed by atoms with E-state index in [0.717, 1.165) is 12.2 Å². The molecule has 0 fully saturated rings. The van der Waals surface area contributed by atoms with E-state index >= 15 is 0 Å². The minimum atomic E-state index is -0.134. The van der Waals surface area contributed by atoms with Gasteiger partial charge in [0.05, 0.1) is 18.4 Å². The summed E-state index contributed by atoms with van der Waals surface area (Å²) in [5, 5.41) is 15.0. The molecule has 0 aliphatic rings. The average Bonchev–Trinajstić information content (AvgIpc) is 2.80. The first-order chi connectivity index (χ1) is 9.13. The highest BCUT2D eigenvalue weighted by molar-refractivity contribution is 9.10. The van der Waals surface area contributed by atoms with Gasteiger partial charge in [0.25, 0.3) is 5.56 Å². The predicted octanol–water partition coefficient (Wildman–Crippen LogP) is 1.16. The lowest BCUT2D eigenvalue weighted by molar-refractivity contribution is 0.565. The molecule has 2 aromatic rings. The Labute approximate surface area is 118 Å². The van der Waals surface area contributed by atoms with Gasteiger partial charge >= 0.3 is 0 Å². The van der Waals surface area contributed by atoms with Crippen LogP contribution in [0.25, 0.3) is 0 Å². The first kappa shape index (κ1) is 13.7. The third-order valence-electron chi connectivity index (χ3n) is 2.66. The van der Waals surface area contributed by atoms with Crippen LogP contribution in [0.5, 0.6) is 0 Å². The van der Waals surface area contributed by atoms with E-state index in [0.29, 0.717) is 23.2 Å². The molecule has 0 amide bonds. The molecule has 1 N–H and O–H groups in total. The normalized spacial score (nSPS) is 10.7. The quantitative estimate of drug-likeness (QED) is 0.892. The zero-order chi connectivity index (χ0) is 13.8. The lowest BCUT2D eigenvalue weighted by atomic mass is 10.4. The Hall–Kier alpha value is -1.70. The van der Waals surface area contributed by atoms with Crippen LogP contribution < -0.4 is 10.9 Å². The molecule has 0 saturated carbocycles. The lowest BCUT2D eigenvalue weighted by Crippen LogP contribution is -2.24. The Morgan fingerprint density at radius 1 is 1.47 bits per heavy atom. The van der Waals surface area contributed by atoms with Gasteiger partial charge in [-0.2, -0.15) is 5.10 Å². The number of rotatable bonds is 5. The molecule has 0 atom stereocenters. The van der Waals surface area contributed by atoms with Crippen LogP contribution in [0, 0.1) is 0 Å². The maximum Gasteiger partial charge on any atom is 0.283 e. The molecule has 0 spiro atoms. The maximum absolute atomic E-state index is 12.0. The van der Waals surface area contributed by atoms with Crippen LogP contribution in [0.2, 0.25) is 0 Å². The number of hydrogen-bond donors (Lipinski definition) is 1. The van der Waals surface area contributed by atoms with Crippen molar-refractivity contribution in [3.63, 3.8) is 0 Å². The van der Waals surface area contributed by atoms with Gasteiger partial charge in [-0.15, -0.1) is 10.2 Å². The maximum atomic E-state index is 12.0. The van der Waals surface area contributed by atoms with Gasteiger partial charge in [-0.25, -0.2) is 4.68 Å². The Bertz CT molecular complexity index is 620. The van der Waals surface area contributed by atoms with Crippen molar-refractivity contribution in [1.82, 2.24) is 24.5 Å². The summed E-state index contributed by atoms with van der Waals surface area (Å²) < 4.78 is 3.74. The molecule has 0 bridgehead atoms. The second-order valence-electron chi connectivity index (χ2n) is 4.11. The van der Waals surface area contributed by atoms with Crippen molar-refractivity contribution in [3.8, 4) is 0 Å². The van der Waals surface area contributed by atoms with E-state index in [-0.39, 0.29) is 5.56 Å². The van der Waals surface area contributed by atoms with E-state index < -0.39 is 0 Å². The number of halogens is 1. The van der Waals surface area contributed by atoms with Crippen LogP contribution in [-0.2, 0) is 20.1 Å². The summed E-state index contributed by atoms with van der Waals surface area (Å²) in [6.45, 7) is 3.09. The summed E-state index contributed by atoms with van der Waals surface area (Å²) in [4.78, 5) is 12.0. The van der Waals surface area contributed by atoms with E-state index in [2.05, 4.69) is 36.5 Å². The van der Waals surface area contributed by atoms with Crippen LogP contribution in [0.15, 0.2) is 21.8 Å². The van der Waals surface area contributed by atoms with Gasteiger partial charge in [0, 0.05) is 13.6 Å². The molecule has 0 radical (unpaired) electrons. The molecule has 0 aromatic carbocycles. The first-order valence-corrected chi connectivity index (χ1v) is 6.75.